The number of benzene rings is 1. The molecule has 2 atom stereocenters. The molecule has 106 valence electrons. The maximum absolute atomic E-state index is 9.32. The van der Waals surface area contributed by atoms with Crippen LogP contribution in [0.15, 0.2) is 30.6 Å². The van der Waals surface area contributed by atoms with Crippen LogP contribution >= 0.6 is 0 Å². The Morgan fingerprint density at radius 1 is 1.33 bits per heavy atom. The standard InChI is InChI=1S/C16H17N5/c1-3-13(19)16(12-6-4-5-11(2)7-12)21-10-20-14(8-17)15(21)9-18/h4-7,10,13,16H,3,19H2,1-2H3. The van der Waals surface area contributed by atoms with E-state index in [0.717, 1.165) is 17.5 Å². The molecule has 5 nitrogen and oxygen atoms in total. The molecule has 1 aromatic carbocycles. The second kappa shape index (κ2) is 6.21. The van der Waals surface area contributed by atoms with Gasteiger partial charge in [0, 0.05) is 6.04 Å². The summed E-state index contributed by atoms with van der Waals surface area (Å²) in [6.07, 6.45) is 2.28. The zero-order valence-corrected chi connectivity index (χ0v) is 12.1. The number of rotatable bonds is 4. The Morgan fingerprint density at radius 2 is 2.10 bits per heavy atom. The lowest BCUT2D eigenvalue weighted by molar-refractivity contribution is 0.455. The van der Waals surface area contributed by atoms with Gasteiger partial charge in [0.15, 0.2) is 11.4 Å². The van der Waals surface area contributed by atoms with Gasteiger partial charge in [0.25, 0.3) is 0 Å². The molecule has 0 bridgehead atoms. The van der Waals surface area contributed by atoms with Gasteiger partial charge in [-0.05, 0) is 18.9 Å². The summed E-state index contributed by atoms with van der Waals surface area (Å²) in [6.45, 7) is 4.01. The number of hydrogen-bond acceptors (Lipinski definition) is 4. The van der Waals surface area contributed by atoms with Crippen molar-refractivity contribution in [1.29, 1.82) is 10.5 Å². The molecule has 2 N–H and O–H groups in total. The highest BCUT2D eigenvalue weighted by molar-refractivity contribution is 5.38. The lowest BCUT2D eigenvalue weighted by Crippen LogP contribution is -2.33. The fourth-order valence-corrected chi connectivity index (χ4v) is 2.46. The van der Waals surface area contributed by atoms with E-state index < -0.39 is 0 Å². The molecule has 0 saturated heterocycles. The summed E-state index contributed by atoms with van der Waals surface area (Å²) in [6, 6.07) is 11.6. The molecule has 0 aliphatic carbocycles. The van der Waals surface area contributed by atoms with Crippen LogP contribution in [-0.4, -0.2) is 15.6 Å². The van der Waals surface area contributed by atoms with E-state index in [1.165, 1.54) is 6.33 Å². The molecule has 1 aromatic heterocycles. The van der Waals surface area contributed by atoms with E-state index in [4.69, 9.17) is 11.0 Å². The SMILES string of the molecule is CCC(N)C(c1cccc(C)c1)n1cnc(C#N)c1C#N. The van der Waals surface area contributed by atoms with Crippen LogP contribution in [0.4, 0.5) is 0 Å². The maximum atomic E-state index is 9.32. The van der Waals surface area contributed by atoms with Gasteiger partial charge in [-0.2, -0.15) is 10.5 Å². The second-order valence-electron chi connectivity index (χ2n) is 5.00. The Kier molecular flexibility index (Phi) is 4.37. The minimum absolute atomic E-state index is 0.137. The number of imidazole rings is 1. The number of aromatic nitrogens is 2. The summed E-state index contributed by atoms with van der Waals surface area (Å²) in [4.78, 5) is 4.01. The van der Waals surface area contributed by atoms with E-state index in [9.17, 15) is 5.26 Å². The first-order valence-electron chi connectivity index (χ1n) is 6.81. The highest BCUT2D eigenvalue weighted by atomic mass is 15.1. The largest absolute Gasteiger partial charge is 0.326 e. The number of nitrogens with zero attached hydrogens (tertiary/aromatic N) is 4. The average molecular weight is 279 g/mol. The van der Waals surface area contributed by atoms with E-state index in [1.807, 2.05) is 44.2 Å². The molecule has 21 heavy (non-hydrogen) atoms. The van der Waals surface area contributed by atoms with Crippen molar-refractivity contribution in [2.24, 2.45) is 5.73 Å². The number of nitriles is 2. The van der Waals surface area contributed by atoms with Crippen molar-refractivity contribution in [2.75, 3.05) is 0 Å². The molecular weight excluding hydrogens is 262 g/mol. The lowest BCUT2D eigenvalue weighted by atomic mass is 9.96. The molecular formula is C16H17N5. The first-order chi connectivity index (χ1) is 10.1. The highest BCUT2D eigenvalue weighted by Gasteiger charge is 2.24. The first-order valence-corrected chi connectivity index (χ1v) is 6.81. The predicted molar refractivity (Wildman–Crippen MR) is 79.2 cm³/mol. The Morgan fingerprint density at radius 3 is 2.67 bits per heavy atom. The van der Waals surface area contributed by atoms with Gasteiger partial charge < -0.3 is 10.3 Å². The summed E-state index contributed by atoms with van der Waals surface area (Å²) >= 11 is 0. The summed E-state index contributed by atoms with van der Waals surface area (Å²) in [7, 11) is 0. The molecule has 2 unspecified atom stereocenters. The monoisotopic (exact) mass is 279 g/mol. The fraction of sp³-hybridized carbons (Fsp3) is 0.312. The van der Waals surface area contributed by atoms with Crippen LogP contribution in [0.5, 0.6) is 0 Å². The first kappa shape index (κ1) is 14.8. The third kappa shape index (κ3) is 2.79. The Balaban J connectivity index is 2.60. The highest BCUT2D eigenvalue weighted by Crippen LogP contribution is 2.26. The van der Waals surface area contributed by atoms with Gasteiger partial charge in [-0.25, -0.2) is 4.98 Å². The molecule has 5 heteroatoms. The number of aryl methyl sites for hydroxylation is 1. The minimum Gasteiger partial charge on any atom is -0.326 e. The van der Waals surface area contributed by atoms with E-state index in [-0.39, 0.29) is 23.5 Å². The predicted octanol–water partition coefficient (Wildman–Crippen LogP) is 2.26. The van der Waals surface area contributed by atoms with Gasteiger partial charge in [-0.1, -0.05) is 36.8 Å². The Hall–Kier alpha value is -2.63. The molecule has 0 spiro atoms. The topological polar surface area (TPSA) is 91.4 Å². The fourth-order valence-electron chi connectivity index (χ4n) is 2.46. The third-order valence-electron chi connectivity index (χ3n) is 3.57. The van der Waals surface area contributed by atoms with Crippen molar-refractivity contribution in [2.45, 2.75) is 32.4 Å². The van der Waals surface area contributed by atoms with E-state index >= 15 is 0 Å². The average Bonchev–Trinajstić information content (AvgIpc) is 2.90. The molecule has 2 aromatic rings. The number of nitrogens with two attached hydrogens (primary N) is 1. The van der Waals surface area contributed by atoms with Gasteiger partial charge >= 0.3 is 0 Å². The molecule has 0 fully saturated rings. The summed E-state index contributed by atoms with van der Waals surface area (Å²) < 4.78 is 1.71. The lowest BCUT2D eigenvalue weighted by Gasteiger charge is -2.25. The summed E-state index contributed by atoms with van der Waals surface area (Å²) in [5, 5.41) is 18.4. The van der Waals surface area contributed by atoms with Crippen LogP contribution in [0, 0.1) is 29.6 Å². The van der Waals surface area contributed by atoms with Gasteiger partial charge in [0.1, 0.15) is 12.1 Å². The zero-order valence-electron chi connectivity index (χ0n) is 12.1. The van der Waals surface area contributed by atoms with Gasteiger partial charge in [-0.15, -0.1) is 0 Å². The Bertz CT molecular complexity index is 717. The van der Waals surface area contributed by atoms with Gasteiger partial charge in [-0.3, -0.25) is 0 Å². The molecule has 0 saturated carbocycles. The van der Waals surface area contributed by atoms with Crippen LogP contribution in [-0.2, 0) is 0 Å². The molecule has 2 rings (SSSR count). The smallest absolute Gasteiger partial charge is 0.176 e. The van der Waals surface area contributed by atoms with Crippen molar-refractivity contribution < 1.29 is 0 Å². The van der Waals surface area contributed by atoms with Crippen LogP contribution < -0.4 is 5.73 Å². The van der Waals surface area contributed by atoms with Crippen LogP contribution in [0.2, 0.25) is 0 Å². The van der Waals surface area contributed by atoms with Crippen LogP contribution in [0.3, 0.4) is 0 Å². The van der Waals surface area contributed by atoms with Crippen molar-refractivity contribution >= 4 is 0 Å². The molecule has 0 aliphatic heterocycles. The normalized spacial score (nSPS) is 13.2. The van der Waals surface area contributed by atoms with Crippen molar-refractivity contribution in [3.05, 3.63) is 53.1 Å². The summed E-state index contributed by atoms with van der Waals surface area (Å²) in [5.74, 6) is 0. The molecule has 1 heterocycles. The van der Waals surface area contributed by atoms with Gasteiger partial charge in [0.05, 0.1) is 12.4 Å². The molecule has 0 amide bonds. The van der Waals surface area contributed by atoms with E-state index in [2.05, 4.69) is 11.1 Å². The maximum Gasteiger partial charge on any atom is 0.176 e. The van der Waals surface area contributed by atoms with Crippen molar-refractivity contribution in [3.8, 4) is 12.1 Å². The van der Waals surface area contributed by atoms with Gasteiger partial charge in [0.2, 0.25) is 0 Å². The Labute approximate surface area is 124 Å². The zero-order chi connectivity index (χ0) is 15.4. The quantitative estimate of drug-likeness (QED) is 0.929. The minimum atomic E-state index is -0.209. The van der Waals surface area contributed by atoms with E-state index in [1.54, 1.807) is 4.57 Å². The van der Waals surface area contributed by atoms with Crippen LogP contribution in [0.1, 0.15) is 41.9 Å². The second-order valence-corrected chi connectivity index (χ2v) is 5.00. The van der Waals surface area contributed by atoms with Crippen molar-refractivity contribution in [3.63, 3.8) is 0 Å². The molecule has 0 radical (unpaired) electrons. The van der Waals surface area contributed by atoms with Crippen LogP contribution in [0.25, 0.3) is 0 Å². The number of hydrogen-bond donors (Lipinski definition) is 1. The summed E-state index contributed by atoms with van der Waals surface area (Å²) in [5.41, 5.74) is 8.80. The molecule has 0 aliphatic rings. The van der Waals surface area contributed by atoms with Crippen molar-refractivity contribution in [1.82, 2.24) is 9.55 Å². The third-order valence-corrected chi connectivity index (χ3v) is 3.57. The van der Waals surface area contributed by atoms with E-state index in [0.29, 0.717) is 0 Å².